The lowest BCUT2D eigenvalue weighted by Crippen LogP contribution is -2.25. The molecule has 0 saturated carbocycles. The Hall–Kier alpha value is -2.44. The zero-order chi connectivity index (χ0) is 13.7. The summed E-state index contributed by atoms with van der Waals surface area (Å²) in [5, 5.41) is 0. The van der Waals surface area contributed by atoms with Crippen LogP contribution in [0.1, 0.15) is 13.8 Å². The fourth-order valence-electron chi connectivity index (χ4n) is 1.57. The number of nitrogens with two attached hydrogens (primary N) is 1. The van der Waals surface area contributed by atoms with E-state index in [2.05, 4.69) is 19.9 Å². The second-order valence-corrected chi connectivity index (χ2v) is 3.74. The topological polar surface area (TPSA) is 90.1 Å². The summed E-state index contributed by atoms with van der Waals surface area (Å²) in [6.07, 6.45) is 3.24. The second-order valence-electron chi connectivity index (χ2n) is 3.74. The van der Waals surface area contributed by atoms with E-state index in [1.807, 2.05) is 18.7 Å². The minimum absolute atomic E-state index is 0.135. The maximum Gasteiger partial charge on any atom is 0.328 e. The molecule has 0 aliphatic carbocycles. The minimum atomic E-state index is 0.135. The monoisotopic (exact) mass is 260 g/mol. The first-order valence-corrected chi connectivity index (χ1v) is 6.07. The fraction of sp³-hybridized carbons (Fsp3) is 0.333. The van der Waals surface area contributed by atoms with Crippen molar-refractivity contribution < 1.29 is 4.74 Å². The van der Waals surface area contributed by atoms with Gasteiger partial charge in [0.05, 0.1) is 6.20 Å². The predicted molar refractivity (Wildman–Crippen MR) is 72.1 cm³/mol. The van der Waals surface area contributed by atoms with Crippen molar-refractivity contribution in [1.82, 2.24) is 19.9 Å². The van der Waals surface area contributed by atoms with E-state index in [1.165, 1.54) is 0 Å². The lowest BCUT2D eigenvalue weighted by atomic mass is 10.5. The first kappa shape index (κ1) is 13.0. The van der Waals surface area contributed by atoms with Crippen molar-refractivity contribution in [3.8, 4) is 11.8 Å². The van der Waals surface area contributed by atoms with E-state index < -0.39 is 0 Å². The highest BCUT2D eigenvalue weighted by atomic mass is 16.5. The van der Waals surface area contributed by atoms with Crippen molar-refractivity contribution in [2.24, 2.45) is 0 Å². The number of hydrogen-bond donors (Lipinski definition) is 1. The van der Waals surface area contributed by atoms with Crippen LogP contribution in [-0.4, -0.2) is 33.0 Å². The van der Waals surface area contributed by atoms with E-state index in [0.717, 1.165) is 13.1 Å². The molecule has 100 valence electrons. The molecule has 2 aromatic rings. The van der Waals surface area contributed by atoms with Crippen molar-refractivity contribution in [3.05, 3.63) is 24.5 Å². The normalized spacial score (nSPS) is 10.2. The smallest absolute Gasteiger partial charge is 0.328 e. The molecule has 0 unspecified atom stereocenters. The molecule has 0 aromatic carbocycles. The minimum Gasteiger partial charge on any atom is -0.422 e. The summed E-state index contributed by atoms with van der Waals surface area (Å²) in [5.74, 6) is 1.20. The van der Waals surface area contributed by atoms with Crippen molar-refractivity contribution in [3.63, 3.8) is 0 Å². The predicted octanol–water partition coefficient (Wildman–Crippen LogP) is 1.49. The van der Waals surface area contributed by atoms with Gasteiger partial charge in [0.15, 0.2) is 0 Å². The molecule has 2 N–H and O–H groups in total. The van der Waals surface area contributed by atoms with Crippen LogP contribution >= 0.6 is 0 Å². The summed E-state index contributed by atoms with van der Waals surface area (Å²) < 4.78 is 5.51. The number of aromatic nitrogens is 4. The molecule has 2 heterocycles. The van der Waals surface area contributed by atoms with E-state index in [4.69, 9.17) is 10.5 Å². The molecule has 0 radical (unpaired) electrons. The van der Waals surface area contributed by atoms with Gasteiger partial charge in [0.25, 0.3) is 0 Å². The van der Waals surface area contributed by atoms with Crippen LogP contribution in [0.15, 0.2) is 24.5 Å². The number of ether oxygens (including phenoxy) is 1. The van der Waals surface area contributed by atoms with E-state index >= 15 is 0 Å². The summed E-state index contributed by atoms with van der Waals surface area (Å²) in [4.78, 5) is 18.2. The van der Waals surface area contributed by atoms with Gasteiger partial charge in [0.1, 0.15) is 5.75 Å². The van der Waals surface area contributed by atoms with Crippen LogP contribution < -0.4 is 15.4 Å². The third-order valence-corrected chi connectivity index (χ3v) is 2.51. The molecule has 7 heteroatoms. The number of anilines is 2. The second kappa shape index (κ2) is 5.94. The first-order valence-electron chi connectivity index (χ1n) is 6.07. The van der Waals surface area contributed by atoms with Gasteiger partial charge in [-0.05, 0) is 26.0 Å². The Morgan fingerprint density at radius 2 is 2.00 bits per heavy atom. The van der Waals surface area contributed by atoms with Crippen LogP contribution in [0, 0.1) is 0 Å². The maximum atomic E-state index is 5.68. The van der Waals surface area contributed by atoms with Gasteiger partial charge in [-0.2, -0.15) is 15.0 Å². The zero-order valence-corrected chi connectivity index (χ0v) is 10.9. The molecular weight excluding hydrogens is 244 g/mol. The van der Waals surface area contributed by atoms with Crippen molar-refractivity contribution in [2.75, 3.05) is 23.7 Å². The maximum absolute atomic E-state index is 5.68. The highest BCUT2D eigenvalue weighted by Gasteiger charge is 2.11. The Morgan fingerprint density at radius 1 is 1.21 bits per heavy atom. The Labute approximate surface area is 111 Å². The first-order chi connectivity index (χ1) is 9.22. The summed E-state index contributed by atoms with van der Waals surface area (Å²) in [6, 6.07) is 3.71. The van der Waals surface area contributed by atoms with Gasteiger partial charge in [-0.3, -0.25) is 4.98 Å². The third kappa shape index (κ3) is 3.27. The van der Waals surface area contributed by atoms with Crippen LogP contribution in [0.4, 0.5) is 11.9 Å². The van der Waals surface area contributed by atoms with E-state index in [0.29, 0.717) is 11.7 Å². The standard InChI is InChI=1S/C12H16N6O/c1-3-18(4-2)11-15-10(13)16-12(17-11)19-9-6-5-7-14-8-9/h5-8H,3-4H2,1-2H3,(H2,13,15,16,17). The molecule has 0 saturated heterocycles. The molecule has 0 bridgehead atoms. The largest absolute Gasteiger partial charge is 0.422 e. The highest BCUT2D eigenvalue weighted by molar-refractivity contribution is 5.36. The molecule has 0 aliphatic heterocycles. The molecule has 0 fully saturated rings. The van der Waals surface area contributed by atoms with Crippen LogP contribution in [0.5, 0.6) is 11.8 Å². The molecule has 2 aromatic heterocycles. The highest BCUT2D eigenvalue weighted by Crippen LogP contribution is 2.19. The van der Waals surface area contributed by atoms with Gasteiger partial charge < -0.3 is 15.4 Å². The summed E-state index contributed by atoms with van der Waals surface area (Å²) in [5.41, 5.74) is 5.68. The van der Waals surface area contributed by atoms with E-state index in [-0.39, 0.29) is 12.0 Å². The van der Waals surface area contributed by atoms with Gasteiger partial charge in [-0.15, -0.1) is 0 Å². The number of rotatable bonds is 5. The van der Waals surface area contributed by atoms with Crippen LogP contribution in [0.25, 0.3) is 0 Å². The molecular formula is C12H16N6O. The Balaban J connectivity index is 2.26. The van der Waals surface area contributed by atoms with Crippen LogP contribution in [-0.2, 0) is 0 Å². The average molecular weight is 260 g/mol. The fourth-order valence-corrected chi connectivity index (χ4v) is 1.57. The Morgan fingerprint density at radius 3 is 2.63 bits per heavy atom. The number of pyridine rings is 1. The number of nitrogen functional groups attached to an aromatic ring is 1. The molecule has 2 rings (SSSR count). The average Bonchev–Trinajstić information content (AvgIpc) is 2.40. The SMILES string of the molecule is CCN(CC)c1nc(N)nc(Oc2cccnc2)n1. The lowest BCUT2D eigenvalue weighted by Gasteiger charge is -2.18. The number of hydrogen-bond acceptors (Lipinski definition) is 7. The van der Waals surface area contributed by atoms with Crippen molar-refractivity contribution in [1.29, 1.82) is 0 Å². The molecule has 19 heavy (non-hydrogen) atoms. The van der Waals surface area contributed by atoms with Crippen molar-refractivity contribution in [2.45, 2.75) is 13.8 Å². The van der Waals surface area contributed by atoms with E-state index in [1.54, 1.807) is 24.5 Å². The molecule has 7 nitrogen and oxygen atoms in total. The Bertz CT molecular complexity index is 529. The molecule has 0 aliphatic rings. The summed E-state index contributed by atoms with van der Waals surface area (Å²) in [7, 11) is 0. The molecule has 0 atom stereocenters. The van der Waals surface area contributed by atoms with Gasteiger partial charge in [0.2, 0.25) is 11.9 Å². The molecule has 0 amide bonds. The lowest BCUT2D eigenvalue weighted by molar-refractivity contribution is 0.438. The van der Waals surface area contributed by atoms with Gasteiger partial charge in [0, 0.05) is 19.3 Å². The van der Waals surface area contributed by atoms with Gasteiger partial charge in [-0.25, -0.2) is 0 Å². The van der Waals surface area contributed by atoms with E-state index in [9.17, 15) is 0 Å². The van der Waals surface area contributed by atoms with Gasteiger partial charge >= 0.3 is 6.01 Å². The van der Waals surface area contributed by atoms with Gasteiger partial charge in [-0.1, -0.05) is 0 Å². The quantitative estimate of drug-likeness (QED) is 0.870. The summed E-state index contributed by atoms with van der Waals surface area (Å²) >= 11 is 0. The Kier molecular flexibility index (Phi) is 4.07. The van der Waals surface area contributed by atoms with Crippen molar-refractivity contribution >= 4 is 11.9 Å². The number of nitrogens with zero attached hydrogens (tertiary/aromatic N) is 5. The summed E-state index contributed by atoms with van der Waals surface area (Å²) in [6.45, 7) is 5.61. The van der Waals surface area contributed by atoms with Crippen LogP contribution in [0.3, 0.4) is 0 Å². The molecule has 0 spiro atoms. The third-order valence-electron chi connectivity index (χ3n) is 2.51. The zero-order valence-electron chi connectivity index (χ0n) is 10.9. The van der Waals surface area contributed by atoms with Crippen LogP contribution in [0.2, 0.25) is 0 Å².